The van der Waals surface area contributed by atoms with Crippen LogP contribution in [-0.2, 0) is 9.47 Å². The zero-order chi connectivity index (χ0) is 28.6. The molecular formula is C31H31NO8. The van der Waals surface area contributed by atoms with E-state index >= 15 is 0 Å². The molecule has 5 rings (SSSR count). The minimum atomic E-state index is -1.38. The van der Waals surface area contributed by atoms with Crippen molar-refractivity contribution >= 4 is 22.6 Å². The van der Waals surface area contributed by atoms with Gasteiger partial charge in [0.05, 0.1) is 5.60 Å². The van der Waals surface area contributed by atoms with Crippen molar-refractivity contribution in [3.8, 4) is 16.9 Å². The third kappa shape index (κ3) is 5.12. The first-order valence-corrected chi connectivity index (χ1v) is 12.9. The second-order valence-electron chi connectivity index (χ2n) is 10.3. The number of nitrogens with one attached hydrogen (secondary N) is 1. The SMILES string of the molecule is COC1C(O)C(O)C(Oc2ccc3cc(NC(=O)c4ccccc4-c4ccccc4)c(=O)oc3c2C)OC1(C)C. The largest absolute Gasteiger partial charge is 0.462 e. The minimum Gasteiger partial charge on any atom is -0.462 e. The summed E-state index contributed by atoms with van der Waals surface area (Å²) in [7, 11) is 1.43. The number of amides is 1. The number of ether oxygens (including phenoxy) is 3. The number of carbonyl (C=O) groups excluding carboxylic acids is 1. The molecule has 9 nitrogen and oxygen atoms in total. The standard InChI is InChI=1S/C31H31NO8/c1-17-23(38-30-25(34)24(33)27(37-4)31(2,3)40-30)15-14-19-16-22(29(36)39-26(17)19)32-28(35)21-13-9-8-12-20(21)18-10-6-5-7-11-18/h5-16,24-25,27,30,33-34H,1-4H3,(H,32,35). The average Bonchev–Trinajstić information content (AvgIpc) is 2.94. The molecule has 2 heterocycles. The lowest BCUT2D eigenvalue weighted by atomic mass is 9.89. The van der Waals surface area contributed by atoms with Crippen LogP contribution in [0.25, 0.3) is 22.1 Å². The van der Waals surface area contributed by atoms with Crippen molar-refractivity contribution in [1.82, 2.24) is 0 Å². The third-order valence-corrected chi connectivity index (χ3v) is 7.15. The Balaban J connectivity index is 1.41. The molecule has 1 aliphatic rings. The Morgan fingerprint density at radius 1 is 0.975 bits per heavy atom. The zero-order valence-corrected chi connectivity index (χ0v) is 22.6. The van der Waals surface area contributed by atoms with Crippen molar-refractivity contribution in [1.29, 1.82) is 0 Å². The van der Waals surface area contributed by atoms with Crippen molar-refractivity contribution in [3.05, 3.63) is 94.3 Å². The van der Waals surface area contributed by atoms with Gasteiger partial charge in [-0.25, -0.2) is 4.79 Å². The summed E-state index contributed by atoms with van der Waals surface area (Å²) < 4.78 is 22.8. The fourth-order valence-electron chi connectivity index (χ4n) is 5.09. The Bertz CT molecular complexity index is 1600. The zero-order valence-electron chi connectivity index (χ0n) is 22.6. The van der Waals surface area contributed by atoms with Crippen LogP contribution in [0, 0.1) is 6.92 Å². The number of carbonyl (C=O) groups is 1. The van der Waals surface area contributed by atoms with E-state index in [2.05, 4.69) is 5.32 Å². The van der Waals surface area contributed by atoms with Gasteiger partial charge in [0.25, 0.3) is 5.91 Å². The smallest absolute Gasteiger partial charge is 0.360 e. The molecule has 4 unspecified atom stereocenters. The van der Waals surface area contributed by atoms with Crippen LogP contribution in [0.3, 0.4) is 0 Å². The first-order valence-electron chi connectivity index (χ1n) is 12.9. The lowest BCUT2D eigenvalue weighted by Gasteiger charge is -2.46. The predicted molar refractivity (Wildman–Crippen MR) is 149 cm³/mol. The number of methoxy groups -OCH3 is 1. The van der Waals surface area contributed by atoms with Gasteiger partial charge in [-0.05, 0) is 56.2 Å². The number of aliphatic hydroxyl groups excluding tert-OH is 2. The Morgan fingerprint density at radius 3 is 2.40 bits per heavy atom. The van der Waals surface area contributed by atoms with E-state index in [1.807, 2.05) is 42.5 Å². The van der Waals surface area contributed by atoms with Crippen molar-refractivity contribution in [2.45, 2.75) is 51.0 Å². The van der Waals surface area contributed by atoms with Crippen LogP contribution in [0.2, 0.25) is 0 Å². The van der Waals surface area contributed by atoms with Gasteiger partial charge in [-0.3, -0.25) is 4.79 Å². The minimum absolute atomic E-state index is 0.00468. The second kappa shape index (κ2) is 10.9. The molecule has 9 heteroatoms. The Morgan fingerprint density at radius 2 is 1.68 bits per heavy atom. The molecule has 40 heavy (non-hydrogen) atoms. The highest BCUT2D eigenvalue weighted by molar-refractivity contribution is 6.09. The van der Waals surface area contributed by atoms with E-state index in [1.54, 1.807) is 51.1 Å². The van der Waals surface area contributed by atoms with Crippen molar-refractivity contribution in [2.75, 3.05) is 12.4 Å². The Hall–Kier alpha value is -4.02. The average molecular weight is 546 g/mol. The highest BCUT2D eigenvalue weighted by Gasteiger charge is 2.50. The molecule has 4 aromatic rings. The summed E-state index contributed by atoms with van der Waals surface area (Å²) in [5.41, 5.74) is 1.09. The van der Waals surface area contributed by atoms with E-state index in [-0.39, 0.29) is 11.3 Å². The molecule has 1 aliphatic heterocycles. The summed E-state index contributed by atoms with van der Waals surface area (Å²) in [5.74, 6) is -0.145. The van der Waals surface area contributed by atoms with Gasteiger partial charge in [0.1, 0.15) is 35.3 Å². The molecule has 1 amide bonds. The van der Waals surface area contributed by atoms with Crippen molar-refractivity contribution in [3.63, 3.8) is 0 Å². The molecule has 3 aromatic carbocycles. The molecule has 1 fully saturated rings. The van der Waals surface area contributed by atoms with E-state index in [1.165, 1.54) is 7.11 Å². The number of aliphatic hydroxyl groups is 2. The highest BCUT2D eigenvalue weighted by Crippen LogP contribution is 2.35. The fraction of sp³-hybridized carbons (Fsp3) is 0.290. The van der Waals surface area contributed by atoms with Crippen LogP contribution in [0.4, 0.5) is 5.69 Å². The van der Waals surface area contributed by atoms with E-state index in [9.17, 15) is 19.8 Å². The topological polar surface area (TPSA) is 127 Å². The first-order chi connectivity index (χ1) is 19.1. The van der Waals surface area contributed by atoms with Crippen molar-refractivity contribution in [2.24, 2.45) is 0 Å². The second-order valence-corrected chi connectivity index (χ2v) is 10.3. The van der Waals surface area contributed by atoms with Crippen LogP contribution in [0.15, 0.2) is 82.0 Å². The molecule has 3 N–H and O–H groups in total. The summed E-state index contributed by atoms with van der Waals surface area (Å²) in [4.78, 5) is 26.1. The number of fused-ring (bicyclic) bond motifs is 1. The Labute approximate surface area is 230 Å². The lowest BCUT2D eigenvalue weighted by molar-refractivity contribution is -0.306. The van der Waals surface area contributed by atoms with Crippen LogP contribution in [-0.4, -0.2) is 53.4 Å². The van der Waals surface area contributed by atoms with Crippen molar-refractivity contribution < 1.29 is 33.6 Å². The molecular weight excluding hydrogens is 514 g/mol. The summed E-state index contributed by atoms with van der Waals surface area (Å²) >= 11 is 0. The molecule has 4 atom stereocenters. The lowest BCUT2D eigenvalue weighted by Crippen LogP contribution is -2.63. The molecule has 1 saturated heterocycles. The van der Waals surface area contributed by atoms with E-state index in [0.29, 0.717) is 22.3 Å². The van der Waals surface area contributed by atoms with E-state index in [0.717, 1.165) is 11.1 Å². The van der Waals surface area contributed by atoms with Gasteiger partial charge in [-0.2, -0.15) is 0 Å². The van der Waals surface area contributed by atoms with Crippen LogP contribution in [0.1, 0.15) is 29.8 Å². The third-order valence-electron chi connectivity index (χ3n) is 7.15. The number of rotatable bonds is 6. The maximum atomic E-state index is 13.2. The van der Waals surface area contributed by atoms with E-state index < -0.39 is 41.7 Å². The summed E-state index contributed by atoms with van der Waals surface area (Å²) in [5, 5.41) is 24.4. The number of hydrogen-bond donors (Lipinski definition) is 3. The summed E-state index contributed by atoms with van der Waals surface area (Å²) in [6.07, 6.45) is -4.57. The summed E-state index contributed by atoms with van der Waals surface area (Å²) in [6, 6.07) is 21.5. The monoisotopic (exact) mass is 545 g/mol. The number of benzene rings is 3. The van der Waals surface area contributed by atoms with Crippen LogP contribution in [0.5, 0.6) is 5.75 Å². The van der Waals surface area contributed by atoms with Crippen LogP contribution < -0.4 is 15.7 Å². The fourth-order valence-corrected chi connectivity index (χ4v) is 5.09. The van der Waals surface area contributed by atoms with Crippen LogP contribution >= 0.6 is 0 Å². The highest BCUT2D eigenvalue weighted by atomic mass is 16.7. The Kier molecular flexibility index (Phi) is 7.48. The van der Waals surface area contributed by atoms with Gasteiger partial charge in [-0.15, -0.1) is 0 Å². The van der Waals surface area contributed by atoms with Gasteiger partial charge in [0.2, 0.25) is 6.29 Å². The molecule has 0 aliphatic carbocycles. The number of anilines is 1. The predicted octanol–water partition coefficient (Wildman–Crippen LogP) is 4.27. The summed E-state index contributed by atoms with van der Waals surface area (Å²) in [6.45, 7) is 5.16. The van der Waals surface area contributed by atoms with Gasteiger partial charge >= 0.3 is 5.63 Å². The van der Waals surface area contributed by atoms with E-state index in [4.69, 9.17) is 18.6 Å². The van der Waals surface area contributed by atoms with Gasteiger partial charge in [0, 0.05) is 23.6 Å². The molecule has 0 spiro atoms. The van der Waals surface area contributed by atoms with Gasteiger partial charge < -0.3 is 34.2 Å². The molecule has 1 aromatic heterocycles. The molecule has 0 bridgehead atoms. The molecule has 0 saturated carbocycles. The van der Waals surface area contributed by atoms with Gasteiger partial charge in [0.15, 0.2) is 0 Å². The maximum absolute atomic E-state index is 13.2. The molecule has 208 valence electrons. The molecule has 0 radical (unpaired) electrons. The normalized spacial score (nSPS) is 22.1. The maximum Gasteiger partial charge on any atom is 0.360 e. The first kappa shape index (κ1) is 27.5. The number of aryl methyl sites for hydroxylation is 1. The quantitative estimate of drug-likeness (QED) is 0.307. The van der Waals surface area contributed by atoms with Gasteiger partial charge in [-0.1, -0.05) is 48.5 Å². The number of hydrogen-bond acceptors (Lipinski definition) is 8.